The molecule has 156 valence electrons. The van der Waals surface area contributed by atoms with Crippen molar-refractivity contribution >= 4 is 40.8 Å². The van der Waals surface area contributed by atoms with E-state index in [-0.39, 0.29) is 33.5 Å². The van der Waals surface area contributed by atoms with Gasteiger partial charge in [0.05, 0.1) is 17.2 Å². The average Bonchev–Trinajstić information content (AvgIpc) is 2.64. The summed E-state index contributed by atoms with van der Waals surface area (Å²) >= 11 is 11.9. The first-order chi connectivity index (χ1) is 13.5. The second-order valence-corrected chi connectivity index (χ2v) is 6.75. The molecule has 0 aliphatic carbocycles. The van der Waals surface area contributed by atoms with Gasteiger partial charge in [0.15, 0.2) is 0 Å². The summed E-state index contributed by atoms with van der Waals surface area (Å²) in [5.74, 6) is -2.94. The van der Waals surface area contributed by atoms with Gasteiger partial charge in [-0.25, -0.2) is 4.79 Å². The SMILES string of the molecule is CCOC(=O)[C@](NC(=O)c1ccccc1Cl)(Nc1cccc(Cl)c1C)C(F)(F)F. The Morgan fingerprint density at radius 1 is 1.03 bits per heavy atom. The van der Waals surface area contributed by atoms with Crippen LogP contribution in [-0.4, -0.2) is 30.3 Å². The summed E-state index contributed by atoms with van der Waals surface area (Å²) in [6.07, 6.45) is -5.27. The van der Waals surface area contributed by atoms with Crippen molar-refractivity contribution in [2.75, 3.05) is 11.9 Å². The second-order valence-electron chi connectivity index (χ2n) is 5.94. The molecule has 0 saturated carbocycles. The highest BCUT2D eigenvalue weighted by Gasteiger charge is 2.63. The van der Waals surface area contributed by atoms with Gasteiger partial charge in [-0.05, 0) is 43.7 Å². The van der Waals surface area contributed by atoms with E-state index in [1.165, 1.54) is 56.3 Å². The highest BCUT2D eigenvalue weighted by atomic mass is 35.5. The molecular weight excluding hydrogens is 432 g/mol. The molecule has 0 aromatic heterocycles. The predicted octanol–water partition coefficient (Wildman–Crippen LogP) is 4.97. The Kier molecular flexibility index (Phi) is 7.02. The highest BCUT2D eigenvalue weighted by Crippen LogP contribution is 2.35. The van der Waals surface area contributed by atoms with Gasteiger partial charge in [0.2, 0.25) is 0 Å². The first kappa shape index (κ1) is 22.8. The van der Waals surface area contributed by atoms with Crippen molar-refractivity contribution < 1.29 is 27.5 Å². The Labute approximate surface area is 175 Å². The van der Waals surface area contributed by atoms with Crippen molar-refractivity contribution in [3.63, 3.8) is 0 Å². The van der Waals surface area contributed by atoms with Gasteiger partial charge >= 0.3 is 17.8 Å². The Morgan fingerprint density at radius 3 is 2.24 bits per heavy atom. The first-order valence-corrected chi connectivity index (χ1v) is 9.13. The number of esters is 1. The molecule has 1 amide bonds. The molecule has 2 rings (SSSR count). The molecule has 0 heterocycles. The lowest BCUT2D eigenvalue weighted by molar-refractivity contribution is -0.204. The maximum Gasteiger partial charge on any atom is 0.441 e. The first-order valence-electron chi connectivity index (χ1n) is 8.37. The summed E-state index contributed by atoms with van der Waals surface area (Å²) in [5, 5.41) is 3.91. The third-order valence-electron chi connectivity index (χ3n) is 4.02. The fraction of sp³-hybridized carbons (Fsp3) is 0.263. The van der Waals surface area contributed by atoms with Crippen molar-refractivity contribution in [2.24, 2.45) is 0 Å². The molecule has 0 saturated heterocycles. The largest absolute Gasteiger partial charge is 0.463 e. The average molecular weight is 449 g/mol. The van der Waals surface area contributed by atoms with Crippen LogP contribution < -0.4 is 10.6 Å². The maximum absolute atomic E-state index is 14.2. The molecule has 0 unspecified atom stereocenters. The number of alkyl halides is 3. The van der Waals surface area contributed by atoms with Crippen molar-refractivity contribution in [3.8, 4) is 0 Å². The van der Waals surface area contributed by atoms with E-state index in [0.29, 0.717) is 0 Å². The van der Waals surface area contributed by atoms with E-state index in [0.717, 1.165) is 0 Å². The molecule has 0 spiro atoms. The Morgan fingerprint density at radius 2 is 1.66 bits per heavy atom. The van der Waals surface area contributed by atoms with Crippen LogP contribution in [0.25, 0.3) is 0 Å². The fourth-order valence-corrected chi connectivity index (χ4v) is 2.85. The molecule has 0 fully saturated rings. The molecule has 2 aromatic rings. The monoisotopic (exact) mass is 448 g/mol. The number of nitrogens with one attached hydrogen (secondary N) is 2. The predicted molar refractivity (Wildman–Crippen MR) is 104 cm³/mol. The molecule has 5 nitrogen and oxygen atoms in total. The maximum atomic E-state index is 14.2. The standard InChI is InChI=1S/C19H17Cl2F3N2O3/c1-3-29-17(28)18(19(22,23)24,25-15-10-6-9-13(20)11(15)2)26-16(27)12-7-4-5-8-14(12)21/h4-10,25H,3H2,1-2H3,(H,26,27)/t18-/m1/s1. The smallest absolute Gasteiger partial charge is 0.441 e. The summed E-state index contributed by atoms with van der Waals surface area (Å²) in [7, 11) is 0. The van der Waals surface area contributed by atoms with Crippen LogP contribution in [0.3, 0.4) is 0 Å². The summed E-state index contributed by atoms with van der Waals surface area (Å²) in [4.78, 5) is 25.1. The van der Waals surface area contributed by atoms with Crippen LogP contribution in [0.5, 0.6) is 0 Å². The van der Waals surface area contributed by atoms with E-state index in [2.05, 4.69) is 10.1 Å². The van der Waals surface area contributed by atoms with Crippen molar-refractivity contribution in [1.29, 1.82) is 0 Å². The van der Waals surface area contributed by atoms with Gasteiger partial charge in [-0.15, -0.1) is 0 Å². The van der Waals surface area contributed by atoms with Gasteiger partial charge < -0.3 is 15.4 Å². The number of carbonyl (C=O) groups is 2. The van der Waals surface area contributed by atoms with Crippen LogP contribution >= 0.6 is 23.2 Å². The molecule has 10 heteroatoms. The van der Waals surface area contributed by atoms with Crippen LogP contribution in [-0.2, 0) is 9.53 Å². The topological polar surface area (TPSA) is 67.4 Å². The van der Waals surface area contributed by atoms with Crippen LogP contribution in [0.1, 0.15) is 22.8 Å². The van der Waals surface area contributed by atoms with Crippen molar-refractivity contribution in [3.05, 3.63) is 63.6 Å². The van der Waals surface area contributed by atoms with Gasteiger partial charge in [0.1, 0.15) is 0 Å². The zero-order chi connectivity index (χ0) is 21.8. The molecule has 1 atom stereocenters. The van der Waals surface area contributed by atoms with E-state index >= 15 is 0 Å². The van der Waals surface area contributed by atoms with Gasteiger partial charge in [-0.1, -0.05) is 41.4 Å². The lowest BCUT2D eigenvalue weighted by Gasteiger charge is -2.36. The highest BCUT2D eigenvalue weighted by molar-refractivity contribution is 6.34. The lowest BCUT2D eigenvalue weighted by Crippen LogP contribution is -2.69. The number of hydrogen-bond acceptors (Lipinski definition) is 4. The number of benzene rings is 2. The zero-order valence-electron chi connectivity index (χ0n) is 15.4. The molecule has 0 bridgehead atoms. The number of halogens is 5. The van der Waals surface area contributed by atoms with Gasteiger partial charge in [-0.2, -0.15) is 13.2 Å². The minimum atomic E-state index is -5.27. The summed E-state index contributed by atoms with van der Waals surface area (Å²) in [5.41, 5.74) is -3.67. The molecule has 0 aliphatic rings. The molecule has 0 aliphatic heterocycles. The van der Waals surface area contributed by atoms with E-state index in [1.807, 2.05) is 0 Å². The minimum Gasteiger partial charge on any atom is -0.463 e. The number of hydrogen-bond donors (Lipinski definition) is 2. The number of rotatable bonds is 6. The number of ether oxygens (including phenoxy) is 1. The van der Waals surface area contributed by atoms with Gasteiger partial charge in [-0.3, -0.25) is 4.79 Å². The second kappa shape index (κ2) is 8.92. The third kappa shape index (κ3) is 4.76. The zero-order valence-corrected chi connectivity index (χ0v) is 16.9. The summed E-state index contributed by atoms with van der Waals surface area (Å²) < 4.78 is 47.2. The van der Waals surface area contributed by atoms with Crippen LogP contribution in [0.2, 0.25) is 10.0 Å². The Balaban J connectivity index is 2.59. The van der Waals surface area contributed by atoms with E-state index in [4.69, 9.17) is 23.2 Å². The lowest BCUT2D eigenvalue weighted by atomic mass is 10.1. The van der Waals surface area contributed by atoms with E-state index < -0.39 is 23.7 Å². The third-order valence-corrected chi connectivity index (χ3v) is 4.76. The normalized spacial score (nSPS) is 13.3. The van der Waals surface area contributed by atoms with Crippen LogP contribution in [0.4, 0.5) is 18.9 Å². The fourth-order valence-electron chi connectivity index (χ4n) is 2.46. The van der Waals surface area contributed by atoms with Gasteiger partial charge in [0.25, 0.3) is 5.91 Å². The Hall–Kier alpha value is -2.45. The van der Waals surface area contributed by atoms with Crippen LogP contribution in [0.15, 0.2) is 42.5 Å². The van der Waals surface area contributed by atoms with E-state index in [1.54, 1.807) is 5.32 Å². The molecule has 0 radical (unpaired) electrons. The number of carbonyl (C=O) groups excluding carboxylic acids is 2. The summed E-state index contributed by atoms with van der Waals surface area (Å²) in [6, 6.07) is 9.68. The number of anilines is 1. The van der Waals surface area contributed by atoms with Crippen molar-refractivity contribution in [2.45, 2.75) is 25.7 Å². The summed E-state index contributed by atoms with van der Waals surface area (Å²) in [6.45, 7) is 2.47. The minimum absolute atomic E-state index is 0.0798. The van der Waals surface area contributed by atoms with Crippen LogP contribution in [0, 0.1) is 6.92 Å². The van der Waals surface area contributed by atoms with Crippen molar-refractivity contribution in [1.82, 2.24) is 5.32 Å². The molecular formula is C19H17Cl2F3N2O3. The molecule has 2 N–H and O–H groups in total. The number of amides is 1. The van der Waals surface area contributed by atoms with E-state index in [9.17, 15) is 22.8 Å². The quantitative estimate of drug-likeness (QED) is 0.483. The van der Waals surface area contributed by atoms with Gasteiger partial charge in [0, 0.05) is 10.7 Å². The Bertz CT molecular complexity index is 922. The molecule has 29 heavy (non-hydrogen) atoms. The molecule has 2 aromatic carbocycles.